The molecule has 0 aliphatic heterocycles. The number of carboxylic acids is 1. The van der Waals surface area contributed by atoms with Crippen molar-refractivity contribution >= 4 is 11.9 Å². The third-order valence-electron chi connectivity index (χ3n) is 3.23. The fraction of sp³-hybridized carbons (Fsp3) is 0.462. The Balaban J connectivity index is 1.80. The lowest BCUT2D eigenvalue weighted by Gasteiger charge is -2.16. The van der Waals surface area contributed by atoms with Gasteiger partial charge in [-0.3, -0.25) is 14.6 Å². The van der Waals surface area contributed by atoms with Gasteiger partial charge in [0.1, 0.15) is 0 Å². The van der Waals surface area contributed by atoms with Crippen LogP contribution in [0.15, 0.2) is 24.4 Å². The highest BCUT2D eigenvalue weighted by Crippen LogP contribution is 2.39. The summed E-state index contributed by atoms with van der Waals surface area (Å²) in [6.45, 7) is 0.568. The van der Waals surface area contributed by atoms with Gasteiger partial charge in [0, 0.05) is 31.9 Å². The van der Waals surface area contributed by atoms with Crippen LogP contribution in [0.4, 0.5) is 0 Å². The van der Waals surface area contributed by atoms with Crippen molar-refractivity contribution in [3.05, 3.63) is 30.1 Å². The number of aromatic nitrogens is 1. The van der Waals surface area contributed by atoms with E-state index in [2.05, 4.69) is 4.98 Å². The van der Waals surface area contributed by atoms with Crippen LogP contribution in [0.1, 0.15) is 12.1 Å². The number of likely N-dealkylation sites (N-methyl/N-ethyl adjacent to an activating group) is 1. The normalized spacial score (nSPS) is 21.4. The lowest BCUT2D eigenvalue weighted by molar-refractivity contribution is -0.141. The van der Waals surface area contributed by atoms with Crippen LogP contribution in [-0.4, -0.2) is 40.5 Å². The summed E-state index contributed by atoms with van der Waals surface area (Å²) < 4.78 is 0. The number of hydrogen-bond acceptors (Lipinski definition) is 3. The van der Waals surface area contributed by atoms with Gasteiger partial charge in [-0.25, -0.2) is 0 Å². The van der Waals surface area contributed by atoms with E-state index in [1.165, 1.54) is 0 Å². The highest BCUT2D eigenvalue weighted by Gasteiger charge is 2.49. The summed E-state index contributed by atoms with van der Waals surface area (Å²) in [5, 5.41) is 8.78. The first-order chi connectivity index (χ1) is 8.59. The molecule has 0 spiro atoms. The van der Waals surface area contributed by atoms with Crippen LogP contribution in [0, 0.1) is 11.8 Å². The van der Waals surface area contributed by atoms with Crippen molar-refractivity contribution in [2.45, 2.75) is 12.8 Å². The molecule has 2 atom stereocenters. The molecule has 0 unspecified atom stereocenters. The van der Waals surface area contributed by atoms with E-state index in [0.717, 1.165) is 5.69 Å². The Hall–Kier alpha value is -1.91. The predicted octanol–water partition coefficient (Wildman–Crippen LogP) is 0.803. The van der Waals surface area contributed by atoms with Gasteiger partial charge in [-0.15, -0.1) is 0 Å². The minimum absolute atomic E-state index is 0.0710. The van der Waals surface area contributed by atoms with Crippen molar-refractivity contribution in [1.29, 1.82) is 0 Å². The van der Waals surface area contributed by atoms with Crippen molar-refractivity contribution in [3.63, 3.8) is 0 Å². The molecule has 0 radical (unpaired) electrons. The number of carboxylic acid groups (broad SMARTS) is 1. The molecular weight excluding hydrogens is 232 g/mol. The maximum Gasteiger partial charge on any atom is 0.307 e. The summed E-state index contributed by atoms with van der Waals surface area (Å²) in [5.74, 6) is -1.74. The minimum Gasteiger partial charge on any atom is -0.481 e. The highest BCUT2D eigenvalue weighted by atomic mass is 16.4. The Morgan fingerprint density at radius 2 is 2.22 bits per heavy atom. The van der Waals surface area contributed by atoms with Crippen LogP contribution >= 0.6 is 0 Å². The first kappa shape index (κ1) is 12.5. The zero-order chi connectivity index (χ0) is 13.1. The molecule has 1 saturated carbocycles. The number of rotatable bonds is 5. The number of pyridine rings is 1. The van der Waals surface area contributed by atoms with Gasteiger partial charge in [0.2, 0.25) is 5.91 Å². The van der Waals surface area contributed by atoms with E-state index in [0.29, 0.717) is 19.4 Å². The molecule has 2 rings (SSSR count). The van der Waals surface area contributed by atoms with Crippen LogP contribution in [-0.2, 0) is 16.0 Å². The summed E-state index contributed by atoms with van der Waals surface area (Å²) in [5.41, 5.74) is 0.933. The fourth-order valence-corrected chi connectivity index (χ4v) is 1.96. The van der Waals surface area contributed by atoms with Crippen molar-refractivity contribution < 1.29 is 14.7 Å². The van der Waals surface area contributed by atoms with Crippen LogP contribution in [0.5, 0.6) is 0 Å². The summed E-state index contributed by atoms with van der Waals surface area (Å²) in [7, 11) is 1.71. The Morgan fingerprint density at radius 3 is 2.78 bits per heavy atom. The second-order valence-electron chi connectivity index (χ2n) is 4.62. The van der Waals surface area contributed by atoms with Gasteiger partial charge in [0.05, 0.1) is 11.8 Å². The molecule has 1 amide bonds. The molecular formula is C13H16N2O3. The number of carbonyl (C=O) groups is 2. The Morgan fingerprint density at radius 1 is 1.44 bits per heavy atom. The Labute approximate surface area is 105 Å². The molecule has 5 nitrogen and oxygen atoms in total. The molecule has 5 heteroatoms. The Kier molecular flexibility index (Phi) is 3.60. The molecule has 0 saturated heterocycles. The van der Waals surface area contributed by atoms with Gasteiger partial charge >= 0.3 is 5.97 Å². The van der Waals surface area contributed by atoms with E-state index >= 15 is 0 Å². The summed E-state index contributed by atoms with van der Waals surface area (Å²) in [6.07, 6.45) is 2.88. The Bertz CT molecular complexity index is 447. The molecule has 18 heavy (non-hydrogen) atoms. The molecule has 0 bridgehead atoms. The molecule has 1 N–H and O–H groups in total. The molecule has 1 aromatic heterocycles. The molecule has 1 aliphatic carbocycles. The SMILES string of the molecule is CN(CCc1ccccn1)C(=O)[C@@H]1C[C@@H]1C(=O)O. The topological polar surface area (TPSA) is 70.5 Å². The minimum atomic E-state index is -0.869. The zero-order valence-corrected chi connectivity index (χ0v) is 10.2. The first-order valence-corrected chi connectivity index (χ1v) is 5.97. The van der Waals surface area contributed by atoms with Crippen molar-refractivity contribution in [2.24, 2.45) is 11.8 Å². The van der Waals surface area contributed by atoms with Gasteiger partial charge < -0.3 is 10.0 Å². The molecule has 1 aliphatic rings. The average Bonchev–Trinajstić information content (AvgIpc) is 3.16. The van der Waals surface area contributed by atoms with Gasteiger partial charge in [-0.2, -0.15) is 0 Å². The van der Waals surface area contributed by atoms with Gasteiger partial charge in [-0.05, 0) is 18.6 Å². The van der Waals surface area contributed by atoms with Crippen molar-refractivity contribution in [2.75, 3.05) is 13.6 Å². The zero-order valence-electron chi connectivity index (χ0n) is 10.2. The summed E-state index contributed by atoms with van der Waals surface area (Å²) in [6, 6.07) is 5.67. The summed E-state index contributed by atoms with van der Waals surface area (Å²) in [4.78, 5) is 28.4. The van der Waals surface area contributed by atoms with Crippen LogP contribution in [0.25, 0.3) is 0 Å². The third-order valence-corrected chi connectivity index (χ3v) is 3.23. The fourth-order valence-electron chi connectivity index (χ4n) is 1.96. The highest BCUT2D eigenvalue weighted by molar-refractivity contribution is 5.89. The van der Waals surface area contributed by atoms with E-state index in [-0.39, 0.29) is 11.8 Å². The lowest BCUT2D eigenvalue weighted by atomic mass is 10.2. The number of carbonyl (C=O) groups excluding carboxylic acids is 1. The van der Waals surface area contributed by atoms with Crippen molar-refractivity contribution in [3.8, 4) is 0 Å². The third kappa shape index (κ3) is 2.85. The first-order valence-electron chi connectivity index (χ1n) is 5.97. The van der Waals surface area contributed by atoms with Crippen LogP contribution in [0.3, 0.4) is 0 Å². The predicted molar refractivity (Wildman–Crippen MR) is 64.8 cm³/mol. The van der Waals surface area contributed by atoms with Crippen molar-refractivity contribution in [1.82, 2.24) is 9.88 Å². The molecule has 1 fully saturated rings. The largest absolute Gasteiger partial charge is 0.481 e. The molecule has 0 aromatic carbocycles. The second kappa shape index (κ2) is 5.16. The quantitative estimate of drug-likeness (QED) is 0.836. The lowest BCUT2D eigenvalue weighted by Crippen LogP contribution is -2.31. The van der Waals surface area contributed by atoms with Gasteiger partial charge in [-0.1, -0.05) is 6.07 Å². The monoisotopic (exact) mass is 248 g/mol. The number of aliphatic carboxylic acids is 1. The maximum absolute atomic E-state index is 11.9. The number of hydrogen-bond donors (Lipinski definition) is 1. The average molecular weight is 248 g/mol. The standard InChI is InChI=1S/C13H16N2O3/c1-15(7-5-9-4-2-3-6-14-9)12(16)10-8-11(10)13(17)18/h2-4,6,10-11H,5,7-8H2,1H3,(H,17,18)/t10-,11+/m1/s1. The van der Waals surface area contributed by atoms with Gasteiger partial charge in [0.25, 0.3) is 0 Å². The van der Waals surface area contributed by atoms with E-state index in [9.17, 15) is 9.59 Å². The second-order valence-corrected chi connectivity index (χ2v) is 4.62. The van der Waals surface area contributed by atoms with Gasteiger partial charge in [0.15, 0.2) is 0 Å². The van der Waals surface area contributed by atoms with E-state index in [1.54, 1.807) is 18.1 Å². The summed E-state index contributed by atoms with van der Waals surface area (Å²) >= 11 is 0. The van der Waals surface area contributed by atoms with Crippen LogP contribution in [0.2, 0.25) is 0 Å². The van der Waals surface area contributed by atoms with E-state index < -0.39 is 11.9 Å². The molecule has 96 valence electrons. The molecule has 1 aromatic rings. The van der Waals surface area contributed by atoms with E-state index in [1.807, 2.05) is 18.2 Å². The van der Waals surface area contributed by atoms with Crippen LogP contribution < -0.4 is 0 Å². The number of amides is 1. The smallest absolute Gasteiger partial charge is 0.307 e. The van der Waals surface area contributed by atoms with E-state index in [4.69, 9.17) is 5.11 Å². The maximum atomic E-state index is 11.9. The number of nitrogens with zero attached hydrogens (tertiary/aromatic N) is 2. The molecule has 1 heterocycles.